The number of nitrogens with zero attached hydrogens (tertiary/aromatic N) is 2. The first kappa shape index (κ1) is 13.5. The van der Waals surface area contributed by atoms with Gasteiger partial charge in [0.05, 0.1) is 10.7 Å². The van der Waals surface area contributed by atoms with E-state index in [9.17, 15) is 4.79 Å². The number of aromatic carboxylic acids is 1. The second kappa shape index (κ2) is 5.49. The number of aromatic nitrogens is 2. The number of carbonyl (C=O) groups is 1. The number of benzene rings is 2. The molecular weight excluding hydrogens is 336 g/mol. The van der Waals surface area contributed by atoms with E-state index in [0.717, 1.165) is 15.2 Å². The van der Waals surface area contributed by atoms with E-state index in [1.165, 1.54) is 12.3 Å². The molecule has 0 radical (unpaired) electrons. The number of carboxylic acid groups (broad SMARTS) is 1. The Morgan fingerprint density at radius 1 is 1.14 bits per heavy atom. The highest BCUT2D eigenvalue weighted by Crippen LogP contribution is 2.35. The Morgan fingerprint density at radius 2 is 1.95 bits per heavy atom. The van der Waals surface area contributed by atoms with Crippen LogP contribution < -0.4 is 4.74 Å². The molecule has 6 heteroatoms. The van der Waals surface area contributed by atoms with Crippen molar-refractivity contribution in [2.75, 3.05) is 0 Å². The topological polar surface area (TPSA) is 72.3 Å². The van der Waals surface area contributed by atoms with Crippen LogP contribution in [0, 0.1) is 0 Å². The molecule has 1 N–H and O–H groups in total. The predicted molar refractivity (Wildman–Crippen MR) is 80.7 cm³/mol. The summed E-state index contributed by atoms with van der Waals surface area (Å²) in [6, 6.07) is 12.8. The zero-order valence-corrected chi connectivity index (χ0v) is 12.2. The predicted octanol–water partition coefficient (Wildman–Crippen LogP) is 3.88. The lowest BCUT2D eigenvalue weighted by Gasteiger charge is -2.10. The van der Waals surface area contributed by atoms with Crippen LogP contribution in [0.5, 0.6) is 11.6 Å². The molecule has 0 bridgehead atoms. The van der Waals surface area contributed by atoms with Crippen LogP contribution in [-0.2, 0) is 0 Å². The minimum absolute atomic E-state index is 0.0370. The van der Waals surface area contributed by atoms with Crippen molar-refractivity contribution in [2.24, 2.45) is 0 Å². The molecule has 1 aromatic heterocycles. The van der Waals surface area contributed by atoms with E-state index in [0.29, 0.717) is 5.75 Å². The zero-order valence-electron chi connectivity index (χ0n) is 10.7. The number of hydrogen-bond donors (Lipinski definition) is 1. The summed E-state index contributed by atoms with van der Waals surface area (Å²) >= 11 is 3.48. The Kier molecular flexibility index (Phi) is 3.53. The summed E-state index contributed by atoms with van der Waals surface area (Å²) in [6.07, 6.45) is 1.31. The molecule has 21 heavy (non-hydrogen) atoms. The van der Waals surface area contributed by atoms with E-state index in [-0.39, 0.29) is 11.4 Å². The third-order valence-corrected chi connectivity index (χ3v) is 3.77. The molecule has 0 spiro atoms. The average molecular weight is 345 g/mol. The van der Waals surface area contributed by atoms with E-state index in [2.05, 4.69) is 26.1 Å². The zero-order chi connectivity index (χ0) is 14.8. The summed E-state index contributed by atoms with van der Waals surface area (Å²) in [5.74, 6) is -0.672. The summed E-state index contributed by atoms with van der Waals surface area (Å²) in [6.45, 7) is 0. The highest BCUT2D eigenvalue weighted by Gasteiger charge is 2.15. The van der Waals surface area contributed by atoms with Gasteiger partial charge in [-0.05, 0) is 38.8 Å². The van der Waals surface area contributed by atoms with Crippen LogP contribution in [0.3, 0.4) is 0 Å². The van der Waals surface area contributed by atoms with Crippen LogP contribution in [0.15, 0.2) is 53.1 Å². The number of hydrogen-bond acceptors (Lipinski definition) is 4. The molecule has 0 atom stereocenters. The van der Waals surface area contributed by atoms with Gasteiger partial charge < -0.3 is 9.84 Å². The molecule has 104 valence electrons. The number of carboxylic acids is 1. The first-order chi connectivity index (χ1) is 10.2. The number of halogens is 1. The first-order valence-electron chi connectivity index (χ1n) is 6.07. The molecule has 0 aliphatic heterocycles. The quantitative estimate of drug-likeness (QED) is 0.780. The maximum absolute atomic E-state index is 11.1. The Labute approximate surface area is 128 Å². The lowest BCUT2D eigenvalue weighted by atomic mass is 10.1. The second-order valence-electron chi connectivity index (χ2n) is 4.26. The van der Waals surface area contributed by atoms with Crippen LogP contribution in [-0.4, -0.2) is 21.3 Å². The average Bonchev–Trinajstić information content (AvgIpc) is 2.51. The molecule has 1 heterocycles. The van der Waals surface area contributed by atoms with Crippen LogP contribution in [0.2, 0.25) is 0 Å². The fraction of sp³-hybridized carbons (Fsp3) is 0. The van der Waals surface area contributed by atoms with E-state index in [1.54, 1.807) is 6.07 Å². The maximum atomic E-state index is 11.1. The maximum Gasteiger partial charge on any atom is 0.341 e. The van der Waals surface area contributed by atoms with Crippen molar-refractivity contribution in [3.8, 4) is 11.6 Å². The molecule has 3 rings (SSSR count). The van der Waals surface area contributed by atoms with Crippen molar-refractivity contribution in [3.05, 3.63) is 58.7 Å². The van der Waals surface area contributed by atoms with Crippen molar-refractivity contribution in [2.45, 2.75) is 0 Å². The van der Waals surface area contributed by atoms with Gasteiger partial charge in [-0.25, -0.2) is 4.79 Å². The first-order valence-corrected chi connectivity index (χ1v) is 6.86. The summed E-state index contributed by atoms with van der Waals surface area (Å²) in [5, 5.41) is 18.5. The van der Waals surface area contributed by atoms with Gasteiger partial charge >= 0.3 is 5.97 Å². The fourth-order valence-corrected chi connectivity index (χ4v) is 2.53. The fourth-order valence-electron chi connectivity index (χ4n) is 1.95. The minimum atomic E-state index is -1.11. The molecule has 0 aliphatic rings. The van der Waals surface area contributed by atoms with Gasteiger partial charge in [0.25, 0.3) is 5.88 Å². The highest BCUT2D eigenvalue weighted by atomic mass is 79.9. The molecule has 0 aliphatic carbocycles. The van der Waals surface area contributed by atoms with Gasteiger partial charge in [-0.2, -0.15) is 5.10 Å². The molecular formula is C15H9BrN2O3. The van der Waals surface area contributed by atoms with Gasteiger partial charge in [0.15, 0.2) is 0 Å². The van der Waals surface area contributed by atoms with Crippen molar-refractivity contribution in [1.29, 1.82) is 0 Å². The molecule has 0 saturated heterocycles. The molecule has 2 aromatic carbocycles. The summed E-state index contributed by atoms with van der Waals surface area (Å²) in [5.41, 5.74) is -0.0370. The standard InChI is InChI=1S/C15H9BrN2O3/c16-13-10-4-2-1-3-9(10)5-6-12(13)21-14-11(15(19)20)7-8-17-18-14/h1-8H,(H,19,20). The van der Waals surface area contributed by atoms with Gasteiger partial charge in [-0.1, -0.05) is 30.3 Å². The van der Waals surface area contributed by atoms with Crippen LogP contribution in [0.4, 0.5) is 0 Å². The van der Waals surface area contributed by atoms with Gasteiger partial charge in [0, 0.05) is 0 Å². The smallest absolute Gasteiger partial charge is 0.341 e. The Bertz CT molecular complexity index is 836. The summed E-state index contributed by atoms with van der Waals surface area (Å²) in [4.78, 5) is 11.1. The molecule has 3 aromatic rings. The van der Waals surface area contributed by atoms with E-state index in [4.69, 9.17) is 9.84 Å². The van der Waals surface area contributed by atoms with E-state index < -0.39 is 5.97 Å². The lowest BCUT2D eigenvalue weighted by Crippen LogP contribution is -2.03. The van der Waals surface area contributed by atoms with Crippen molar-refractivity contribution < 1.29 is 14.6 Å². The molecule has 0 amide bonds. The number of fused-ring (bicyclic) bond motifs is 1. The van der Waals surface area contributed by atoms with E-state index in [1.807, 2.05) is 30.3 Å². The largest absolute Gasteiger partial charge is 0.477 e. The monoisotopic (exact) mass is 344 g/mol. The minimum Gasteiger partial charge on any atom is -0.477 e. The van der Waals surface area contributed by atoms with Crippen molar-refractivity contribution in [3.63, 3.8) is 0 Å². The van der Waals surface area contributed by atoms with Gasteiger partial charge in [-0.3, -0.25) is 0 Å². The van der Waals surface area contributed by atoms with Crippen molar-refractivity contribution in [1.82, 2.24) is 10.2 Å². The highest BCUT2D eigenvalue weighted by molar-refractivity contribution is 9.10. The van der Waals surface area contributed by atoms with Gasteiger partial charge in [0.1, 0.15) is 11.3 Å². The normalized spacial score (nSPS) is 10.5. The Hall–Kier alpha value is -2.47. The third kappa shape index (κ3) is 2.57. The Morgan fingerprint density at radius 3 is 2.76 bits per heavy atom. The van der Waals surface area contributed by atoms with Crippen LogP contribution in [0.25, 0.3) is 10.8 Å². The molecule has 0 saturated carbocycles. The third-order valence-electron chi connectivity index (χ3n) is 2.95. The number of ether oxygens (including phenoxy) is 1. The van der Waals surface area contributed by atoms with Crippen LogP contribution >= 0.6 is 15.9 Å². The number of rotatable bonds is 3. The molecule has 5 nitrogen and oxygen atoms in total. The van der Waals surface area contributed by atoms with Crippen LogP contribution in [0.1, 0.15) is 10.4 Å². The lowest BCUT2D eigenvalue weighted by molar-refractivity contribution is 0.0693. The van der Waals surface area contributed by atoms with Crippen molar-refractivity contribution >= 4 is 32.7 Å². The summed E-state index contributed by atoms with van der Waals surface area (Å²) < 4.78 is 6.35. The summed E-state index contributed by atoms with van der Waals surface area (Å²) in [7, 11) is 0. The second-order valence-corrected chi connectivity index (χ2v) is 5.05. The Balaban J connectivity index is 2.07. The molecule has 0 unspecified atom stereocenters. The van der Waals surface area contributed by atoms with E-state index >= 15 is 0 Å². The van der Waals surface area contributed by atoms with Gasteiger partial charge in [0.2, 0.25) is 0 Å². The molecule has 0 fully saturated rings. The SMILES string of the molecule is O=C(O)c1ccnnc1Oc1ccc2ccccc2c1Br. The van der Waals surface area contributed by atoms with Gasteiger partial charge in [-0.15, -0.1) is 5.10 Å².